The van der Waals surface area contributed by atoms with Gasteiger partial charge >= 0.3 is 0 Å². The Balaban J connectivity index is 3.12. The van der Waals surface area contributed by atoms with Gasteiger partial charge in [0.25, 0.3) is 0 Å². The summed E-state index contributed by atoms with van der Waals surface area (Å²) in [5, 5.41) is 0. The molecule has 1 rings (SSSR count). The van der Waals surface area contributed by atoms with E-state index in [1.807, 2.05) is 6.07 Å². The van der Waals surface area contributed by atoms with E-state index in [4.69, 9.17) is 5.73 Å². The van der Waals surface area contributed by atoms with Crippen LogP contribution in [0.4, 0.5) is 4.39 Å². The van der Waals surface area contributed by atoms with Crippen molar-refractivity contribution in [3.05, 3.63) is 35.6 Å². The van der Waals surface area contributed by atoms with Crippen LogP contribution >= 0.6 is 0 Å². The van der Waals surface area contributed by atoms with Crippen molar-refractivity contribution in [2.24, 2.45) is 5.73 Å². The van der Waals surface area contributed by atoms with E-state index in [1.54, 1.807) is 12.1 Å². The molecule has 2 unspecified atom stereocenters. The van der Waals surface area contributed by atoms with Crippen molar-refractivity contribution in [2.45, 2.75) is 58.7 Å². The zero-order valence-corrected chi connectivity index (χ0v) is 12.6. The number of nitrogens with two attached hydrogens (primary N) is 1. The van der Waals surface area contributed by atoms with Gasteiger partial charge < -0.3 is 5.73 Å². The Bertz CT molecular complexity index is 379. The van der Waals surface area contributed by atoms with Crippen LogP contribution in [-0.2, 0) is 0 Å². The molecule has 0 heterocycles. The van der Waals surface area contributed by atoms with Crippen LogP contribution in [0, 0.1) is 5.82 Å². The maximum absolute atomic E-state index is 13.5. The molecule has 0 radical (unpaired) electrons. The Morgan fingerprint density at radius 3 is 2.42 bits per heavy atom. The molecule has 0 aliphatic carbocycles. The summed E-state index contributed by atoms with van der Waals surface area (Å²) in [4.78, 5) is 2.38. The first-order valence-corrected chi connectivity index (χ1v) is 7.28. The Morgan fingerprint density at radius 2 is 1.95 bits per heavy atom. The van der Waals surface area contributed by atoms with Crippen LogP contribution in [0.2, 0.25) is 0 Å². The van der Waals surface area contributed by atoms with Crippen LogP contribution < -0.4 is 5.73 Å². The van der Waals surface area contributed by atoms with Crippen LogP contribution in [0.3, 0.4) is 0 Å². The summed E-state index contributed by atoms with van der Waals surface area (Å²) in [6.07, 6.45) is 1.95. The third kappa shape index (κ3) is 4.29. The number of hydrogen-bond donors (Lipinski definition) is 1. The van der Waals surface area contributed by atoms with E-state index >= 15 is 0 Å². The molecule has 108 valence electrons. The molecule has 2 N–H and O–H groups in total. The lowest BCUT2D eigenvalue weighted by Gasteiger charge is -2.38. The highest BCUT2D eigenvalue weighted by Crippen LogP contribution is 2.27. The molecule has 3 heteroatoms. The van der Waals surface area contributed by atoms with E-state index in [0.29, 0.717) is 6.04 Å². The summed E-state index contributed by atoms with van der Waals surface area (Å²) in [6, 6.07) is 7.35. The average molecular weight is 266 g/mol. The number of benzene rings is 1. The van der Waals surface area contributed by atoms with E-state index in [0.717, 1.165) is 24.9 Å². The molecule has 0 bridgehead atoms. The fraction of sp³-hybridized carbons (Fsp3) is 0.625. The molecule has 1 aromatic rings. The Labute approximate surface area is 116 Å². The zero-order valence-electron chi connectivity index (χ0n) is 12.6. The van der Waals surface area contributed by atoms with E-state index < -0.39 is 0 Å². The minimum Gasteiger partial charge on any atom is -0.326 e. The second kappa shape index (κ2) is 7.61. The van der Waals surface area contributed by atoms with Crippen LogP contribution in [-0.4, -0.2) is 23.5 Å². The number of halogens is 1. The standard InChI is InChI=1S/C16H27FN2/c1-5-10-19(12(3)4)16(15(18)6-2)13-8-7-9-14(17)11-13/h7-9,11-12,15-16H,5-6,10,18H2,1-4H3. The summed E-state index contributed by atoms with van der Waals surface area (Å²) in [7, 11) is 0. The molecule has 1 aromatic carbocycles. The molecule has 0 saturated carbocycles. The largest absolute Gasteiger partial charge is 0.326 e. The predicted molar refractivity (Wildman–Crippen MR) is 79.5 cm³/mol. The summed E-state index contributed by atoms with van der Waals surface area (Å²) in [5.74, 6) is -0.189. The van der Waals surface area contributed by atoms with Gasteiger partial charge in [-0.3, -0.25) is 4.90 Å². The van der Waals surface area contributed by atoms with Crippen molar-refractivity contribution >= 4 is 0 Å². The van der Waals surface area contributed by atoms with Crippen molar-refractivity contribution in [2.75, 3.05) is 6.54 Å². The lowest BCUT2D eigenvalue weighted by molar-refractivity contribution is 0.130. The number of nitrogens with zero attached hydrogens (tertiary/aromatic N) is 1. The molecule has 0 spiro atoms. The topological polar surface area (TPSA) is 29.3 Å². The normalized spacial score (nSPS) is 14.9. The van der Waals surface area contributed by atoms with Gasteiger partial charge in [-0.15, -0.1) is 0 Å². The van der Waals surface area contributed by atoms with E-state index in [1.165, 1.54) is 6.07 Å². The molecule has 0 aliphatic rings. The van der Waals surface area contributed by atoms with Crippen LogP contribution in [0.15, 0.2) is 24.3 Å². The second-order valence-electron chi connectivity index (χ2n) is 5.40. The van der Waals surface area contributed by atoms with Gasteiger partial charge in [-0.1, -0.05) is 26.0 Å². The third-order valence-corrected chi connectivity index (χ3v) is 3.57. The molecule has 0 aromatic heterocycles. The van der Waals surface area contributed by atoms with Gasteiger partial charge in [-0.25, -0.2) is 4.39 Å². The van der Waals surface area contributed by atoms with Crippen molar-refractivity contribution in [1.29, 1.82) is 0 Å². The van der Waals surface area contributed by atoms with Gasteiger partial charge in [0.2, 0.25) is 0 Å². The second-order valence-corrected chi connectivity index (χ2v) is 5.40. The summed E-state index contributed by atoms with van der Waals surface area (Å²) in [5.41, 5.74) is 7.29. The average Bonchev–Trinajstić information content (AvgIpc) is 2.37. The zero-order chi connectivity index (χ0) is 14.4. The van der Waals surface area contributed by atoms with Crippen molar-refractivity contribution in [3.8, 4) is 0 Å². The van der Waals surface area contributed by atoms with Gasteiger partial charge in [0.05, 0.1) is 6.04 Å². The lowest BCUT2D eigenvalue weighted by atomic mass is 9.95. The Kier molecular flexibility index (Phi) is 6.46. The number of hydrogen-bond acceptors (Lipinski definition) is 2. The van der Waals surface area contributed by atoms with Crippen molar-refractivity contribution in [1.82, 2.24) is 4.90 Å². The molecule has 0 amide bonds. The first kappa shape index (κ1) is 16.1. The molecule has 19 heavy (non-hydrogen) atoms. The summed E-state index contributed by atoms with van der Waals surface area (Å²) in [6.45, 7) is 9.57. The minimum atomic E-state index is -0.189. The van der Waals surface area contributed by atoms with Crippen LogP contribution in [0.1, 0.15) is 52.1 Å². The first-order chi connectivity index (χ1) is 9.01. The third-order valence-electron chi connectivity index (χ3n) is 3.57. The van der Waals surface area contributed by atoms with Crippen LogP contribution in [0.5, 0.6) is 0 Å². The summed E-state index contributed by atoms with van der Waals surface area (Å²) < 4.78 is 13.5. The van der Waals surface area contributed by atoms with Gasteiger partial charge in [0, 0.05) is 12.1 Å². The molecular weight excluding hydrogens is 239 g/mol. The SMILES string of the molecule is CCCN(C(C)C)C(c1cccc(F)c1)C(N)CC. The fourth-order valence-corrected chi connectivity index (χ4v) is 2.58. The molecule has 0 aliphatic heterocycles. The van der Waals surface area contributed by atoms with E-state index in [9.17, 15) is 4.39 Å². The van der Waals surface area contributed by atoms with Gasteiger partial charge in [-0.2, -0.15) is 0 Å². The Morgan fingerprint density at radius 1 is 1.26 bits per heavy atom. The molecular formula is C16H27FN2. The maximum Gasteiger partial charge on any atom is 0.123 e. The quantitative estimate of drug-likeness (QED) is 0.815. The van der Waals surface area contributed by atoms with Gasteiger partial charge in [0.15, 0.2) is 0 Å². The van der Waals surface area contributed by atoms with Crippen molar-refractivity contribution < 1.29 is 4.39 Å². The van der Waals surface area contributed by atoms with Crippen molar-refractivity contribution in [3.63, 3.8) is 0 Å². The molecule has 0 fully saturated rings. The monoisotopic (exact) mass is 266 g/mol. The van der Waals surface area contributed by atoms with Gasteiger partial charge in [0.1, 0.15) is 5.82 Å². The van der Waals surface area contributed by atoms with E-state index in [2.05, 4.69) is 32.6 Å². The maximum atomic E-state index is 13.5. The molecule has 2 atom stereocenters. The smallest absolute Gasteiger partial charge is 0.123 e. The van der Waals surface area contributed by atoms with E-state index in [-0.39, 0.29) is 17.9 Å². The molecule has 0 saturated heterocycles. The lowest BCUT2D eigenvalue weighted by Crippen LogP contribution is -2.44. The highest BCUT2D eigenvalue weighted by molar-refractivity contribution is 5.22. The predicted octanol–water partition coefficient (Wildman–Crippen LogP) is 3.72. The summed E-state index contributed by atoms with van der Waals surface area (Å²) >= 11 is 0. The highest BCUT2D eigenvalue weighted by Gasteiger charge is 2.27. The highest BCUT2D eigenvalue weighted by atomic mass is 19.1. The first-order valence-electron chi connectivity index (χ1n) is 7.28. The minimum absolute atomic E-state index is 0.0238. The Hall–Kier alpha value is -0.930. The fourth-order valence-electron chi connectivity index (χ4n) is 2.58. The van der Waals surface area contributed by atoms with Gasteiger partial charge in [-0.05, 0) is 50.9 Å². The molecule has 2 nitrogen and oxygen atoms in total. The van der Waals surface area contributed by atoms with Crippen LogP contribution in [0.25, 0.3) is 0 Å². The number of rotatable bonds is 7.